The Morgan fingerprint density at radius 1 is 0.704 bits per heavy atom. The molecule has 152 valence electrons. The minimum atomic E-state index is 0.718. The summed E-state index contributed by atoms with van der Waals surface area (Å²) in [7, 11) is 0. The average molecular weight is 393 g/mol. The van der Waals surface area contributed by atoms with Gasteiger partial charge in [-0.25, -0.2) is 0 Å². The molecule has 0 saturated heterocycles. The summed E-state index contributed by atoms with van der Waals surface area (Å²) in [5.41, 5.74) is 1.73. The van der Waals surface area contributed by atoms with Gasteiger partial charge < -0.3 is 9.47 Å². The molecule has 4 nitrogen and oxygen atoms in total. The SMILES string of the molecule is CCCCCCCCOc1ccc2nsnc2c1OCCCCCCCC. The van der Waals surface area contributed by atoms with Crippen LogP contribution in [0, 0.1) is 0 Å². The van der Waals surface area contributed by atoms with Crippen LogP contribution in [0.3, 0.4) is 0 Å². The van der Waals surface area contributed by atoms with Crippen LogP contribution in [0.15, 0.2) is 12.1 Å². The monoisotopic (exact) mass is 392 g/mol. The maximum Gasteiger partial charge on any atom is 0.190 e. The first kappa shape index (κ1) is 21.9. The molecule has 5 heteroatoms. The molecule has 27 heavy (non-hydrogen) atoms. The third kappa shape index (κ3) is 8.04. The van der Waals surface area contributed by atoms with E-state index in [0.717, 1.165) is 48.6 Å². The number of nitrogens with zero attached hydrogens (tertiary/aromatic N) is 2. The van der Waals surface area contributed by atoms with Gasteiger partial charge >= 0.3 is 0 Å². The Hall–Kier alpha value is -1.36. The van der Waals surface area contributed by atoms with E-state index in [4.69, 9.17) is 9.47 Å². The van der Waals surface area contributed by atoms with Crippen LogP contribution >= 0.6 is 11.7 Å². The highest BCUT2D eigenvalue weighted by Gasteiger charge is 2.14. The molecule has 0 amide bonds. The van der Waals surface area contributed by atoms with Crippen LogP contribution in [0.4, 0.5) is 0 Å². The average Bonchev–Trinajstić information content (AvgIpc) is 3.16. The molecule has 0 atom stereocenters. The van der Waals surface area contributed by atoms with Crippen LogP contribution in [0.1, 0.15) is 90.9 Å². The summed E-state index contributed by atoms with van der Waals surface area (Å²) in [5, 5.41) is 0. The summed E-state index contributed by atoms with van der Waals surface area (Å²) in [4.78, 5) is 0. The molecule has 0 N–H and O–H groups in total. The van der Waals surface area contributed by atoms with Crippen LogP contribution in [0.5, 0.6) is 11.5 Å². The van der Waals surface area contributed by atoms with Crippen molar-refractivity contribution in [3.05, 3.63) is 12.1 Å². The summed E-state index contributed by atoms with van der Waals surface area (Å²) < 4.78 is 20.9. The van der Waals surface area contributed by atoms with E-state index in [2.05, 4.69) is 22.6 Å². The van der Waals surface area contributed by atoms with Gasteiger partial charge in [-0.15, -0.1) is 0 Å². The maximum atomic E-state index is 6.10. The number of hydrogen-bond donors (Lipinski definition) is 0. The predicted octanol–water partition coefficient (Wildman–Crippen LogP) is 7.17. The van der Waals surface area contributed by atoms with Gasteiger partial charge in [-0.05, 0) is 25.0 Å². The molecule has 1 aromatic carbocycles. The molecule has 0 aliphatic heterocycles. The second-order valence-electron chi connectivity index (χ2n) is 7.26. The molecule has 0 fully saturated rings. The molecular weight excluding hydrogens is 356 g/mol. The van der Waals surface area contributed by atoms with Gasteiger partial charge in [-0.2, -0.15) is 8.75 Å². The summed E-state index contributed by atoms with van der Waals surface area (Å²) in [6.07, 6.45) is 15.1. The molecule has 0 aliphatic rings. The number of benzene rings is 1. The fraction of sp³-hybridized carbons (Fsp3) is 0.727. The van der Waals surface area contributed by atoms with Crippen molar-refractivity contribution in [2.45, 2.75) is 90.9 Å². The molecule has 0 saturated carbocycles. The van der Waals surface area contributed by atoms with Gasteiger partial charge in [-0.1, -0.05) is 78.1 Å². The Balaban J connectivity index is 1.79. The van der Waals surface area contributed by atoms with Gasteiger partial charge in [0.05, 0.1) is 24.9 Å². The quantitative estimate of drug-likeness (QED) is 0.284. The van der Waals surface area contributed by atoms with Crippen molar-refractivity contribution in [3.63, 3.8) is 0 Å². The van der Waals surface area contributed by atoms with Crippen LogP contribution in [0.2, 0.25) is 0 Å². The molecule has 0 bridgehead atoms. The highest BCUT2D eigenvalue weighted by Crippen LogP contribution is 2.35. The van der Waals surface area contributed by atoms with Gasteiger partial charge in [0, 0.05) is 0 Å². The topological polar surface area (TPSA) is 44.2 Å². The molecular formula is C22H36N2O2S. The van der Waals surface area contributed by atoms with E-state index in [1.807, 2.05) is 12.1 Å². The van der Waals surface area contributed by atoms with Gasteiger partial charge in [0.25, 0.3) is 0 Å². The Morgan fingerprint density at radius 2 is 1.30 bits per heavy atom. The lowest BCUT2D eigenvalue weighted by Crippen LogP contribution is -2.03. The molecule has 2 aromatic rings. The third-order valence-corrected chi connectivity index (χ3v) is 5.39. The van der Waals surface area contributed by atoms with E-state index in [0.29, 0.717) is 0 Å². The molecule has 1 aromatic heterocycles. The highest BCUT2D eigenvalue weighted by atomic mass is 32.1. The lowest BCUT2D eigenvalue weighted by molar-refractivity contribution is 0.260. The summed E-state index contributed by atoms with van der Waals surface area (Å²) in [6.45, 7) is 5.95. The molecule has 0 aliphatic carbocycles. The van der Waals surface area contributed by atoms with Gasteiger partial charge in [-0.3, -0.25) is 0 Å². The fourth-order valence-corrected chi connectivity index (χ4v) is 3.72. The van der Waals surface area contributed by atoms with Gasteiger partial charge in [0.15, 0.2) is 17.0 Å². The first-order chi connectivity index (χ1) is 13.4. The normalized spacial score (nSPS) is 11.2. The predicted molar refractivity (Wildman–Crippen MR) is 115 cm³/mol. The second kappa shape index (κ2) is 13.8. The van der Waals surface area contributed by atoms with Crippen molar-refractivity contribution < 1.29 is 9.47 Å². The largest absolute Gasteiger partial charge is 0.490 e. The van der Waals surface area contributed by atoms with Crippen LogP contribution in [0.25, 0.3) is 11.0 Å². The van der Waals surface area contributed by atoms with E-state index < -0.39 is 0 Å². The molecule has 0 spiro atoms. The number of hydrogen-bond acceptors (Lipinski definition) is 5. The lowest BCUT2D eigenvalue weighted by atomic mass is 10.1. The number of fused-ring (bicyclic) bond motifs is 1. The highest BCUT2D eigenvalue weighted by molar-refractivity contribution is 7.00. The number of unbranched alkanes of at least 4 members (excludes halogenated alkanes) is 10. The van der Waals surface area contributed by atoms with Crippen LogP contribution in [-0.2, 0) is 0 Å². The zero-order chi connectivity index (χ0) is 19.2. The maximum absolute atomic E-state index is 6.10. The summed E-state index contributed by atoms with van der Waals surface area (Å²) in [5.74, 6) is 1.59. The lowest BCUT2D eigenvalue weighted by Gasteiger charge is -2.13. The van der Waals surface area contributed by atoms with Gasteiger partial charge in [0.1, 0.15) is 5.52 Å². The van der Waals surface area contributed by atoms with E-state index >= 15 is 0 Å². The Labute approximate surface area is 169 Å². The zero-order valence-electron chi connectivity index (χ0n) is 17.2. The molecule has 1 heterocycles. The minimum Gasteiger partial charge on any atom is -0.490 e. The van der Waals surface area contributed by atoms with Crippen molar-refractivity contribution in [2.75, 3.05) is 13.2 Å². The van der Waals surface area contributed by atoms with Crippen molar-refractivity contribution >= 4 is 22.8 Å². The molecule has 0 radical (unpaired) electrons. The molecule has 2 rings (SSSR count). The first-order valence-electron chi connectivity index (χ1n) is 10.9. The number of ether oxygens (including phenoxy) is 2. The smallest absolute Gasteiger partial charge is 0.190 e. The second-order valence-corrected chi connectivity index (χ2v) is 7.79. The third-order valence-electron chi connectivity index (χ3n) is 4.85. The van der Waals surface area contributed by atoms with Gasteiger partial charge in [0.2, 0.25) is 0 Å². The van der Waals surface area contributed by atoms with E-state index in [-0.39, 0.29) is 0 Å². The Morgan fingerprint density at radius 3 is 1.96 bits per heavy atom. The van der Waals surface area contributed by atoms with Crippen LogP contribution < -0.4 is 9.47 Å². The van der Waals surface area contributed by atoms with Crippen molar-refractivity contribution in [1.29, 1.82) is 0 Å². The fourth-order valence-electron chi connectivity index (χ4n) is 3.18. The minimum absolute atomic E-state index is 0.718. The van der Waals surface area contributed by atoms with Crippen molar-refractivity contribution in [1.82, 2.24) is 8.75 Å². The van der Waals surface area contributed by atoms with Crippen molar-refractivity contribution in [3.8, 4) is 11.5 Å². The Kier molecular flexibility index (Phi) is 11.2. The standard InChI is InChI=1S/C22H36N2O2S/c1-3-5-7-9-11-13-17-25-20-16-15-19-21(24-27-23-19)22(20)26-18-14-12-10-8-6-4-2/h15-16H,3-14,17-18H2,1-2H3. The van der Waals surface area contributed by atoms with E-state index in [9.17, 15) is 0 Å². The number of aromatic nitrogens is 2. The molecule has 0 unspecified atom stereocenters. The van der Waals surface area contributed by atoms with Crippen LogP contribution in [-0.4, -0.2) is 22.0 Å². The Bertz CT molecular complexity index is 630. The van der Waals surface area contributed by atoms with E-state index in [1.54, 1.807) is 0 Å². The van der Waals surface area contributed by atoms with E-state index in [1.165, 1.54) is 75.9 Å². The summed E-state index contributed by atoms with van der Waals surface area (Å²) in [6, 6.07) is 3.96. The summed E-state index contributed by atoms with van der Waals surface area (Å²) >= 11 is 1.23. The van der Waals surface area contributed by atoms with Crippen molar-refractivity contribution in [2.24, 2.45) is 0 Å². The zero-order valence-corrected chi connectivity index (χ0v) is 18.0. The first-order valence-corrected chi connectivity index (χ1v) is 11.6. The number of rotatable bonds is 16.